The first-order chi connectivity index (χ1) is 11.8. The SMILES string of the molecule is O=Cc1cn(-c2ccc(C(F)(F)F)cc2)nc1-c1ccc(Cl)c(Cl)c1. The van der Waals surface area contributed by atoms with E-state index in [4.69, 9.17) is 23.2 Å². The maximum absolute atomic E-state index is 12.6. The van der Waals surface area contributed by atoms with Crippen molar-refractivity contribution in [1.29, 1.82) is 0 Å². The Morgan fingerprint density at radius 1 is 1.00 bits per heavy atom. The van der Waals surface area contributed by atoms with Gasteiger partial charge in [0.25, 0.3) is 0 Å². The summed E-state index contributed by atoms with van der Waals surface area (Å²) in [5.41, 5.74) is 0.833. The lowest BCUT2D eigenvalue weighted by atomic mass is 10.1. The highest BCUT2D eigenvalue weighted by Gasteiger charge is 2.30. The molecule has 0 unspecified atom stereocenters. The van der Waals surface area contributed by atoms with E-state index in [0.29, 0.717) is 33.3 Å². The maximum Gasteiger partial charge on any atom is 0.416 e. The fourth-order valence-electron chi connectivity index (χ4n) is 2.28. The summed E-state index contributed by atoms with van der Waals surface area (Å²) >= 11 is 11.9. The van der Waals surface area contributed by atoms with Crippen LogP contribution in [0.5, 0.6) is 0 Å². The van der Waals surface area contributed by atoms with E-state index in [1.165, 1.54) is 23.0 Å². The lowest BCUT2D eigenvalue weighted by molar-refractivity contribution is -0.137. The molecule has 0 spiro atoms. The van der Waals surface area contributed by atoms with Crippen molar-refractivity contribution >= 4 is 29.5 Å². The average molecular weight is 385 g/mol. The van der Waals surface area contributed by atoms with Gasteiger partial charge in [-0.25, -0.2) is 4.68 Å². The Morgan fingerprint density at radius 3 is 2.24 bits per heavy atom. The number of rotatable bonds is 3. The molecule has 8 heteroatoms. The predicted octanol–water partition coefficient (Wildman–Crippen LogP) is 5.68. The minimum atomic E-state index is -4.41. The number of halogens is 5. The standard InChI is InChI=1S/C17H9Cl2F3N2O/c18-14-6-1-10(7-15(14)19)16-11(9-25)8-24(23-16)13-4-2-12(3-5-13)17(20,21)22/h1-9H. The van der Waals surface area contributed by atoms with E-state index in [1.807, 2.05) is 0 Å². The molecule has 3 aromatic rings. The van der Waals surface area contributed by atoms with Gasteiger partial charge in [0.1, 0.15) is 5.69 Å². The highest BCUT2D eigenvalue weighted by molar-refractivity contribution is 6.42. The fourth-order valence-corrected chi connectivity index (χ4v) is 2.57. The second-order valence-corrected chi connectivity index (χ2v) is 5.98. The van der Waals surface area contributed by atoms with Gasteiger partial charge in [-0.15, -0.1) is 0 Å². The Hall–Kier alpha value is -2.31. The van der Waals surface area contributed by atoms with Crippen molar-refractivity contribution < 1.29 is 18.0 Å². The molecule has 0 bridgehead atoms. The number of nitrogens with zero attached hydrogens (tertiary/aromatic N) is 2. The molecule has 0 aliphatic carbocycles. The summed E-state index contributed by atoms with van der Waals surface area (Å²) in [5, 5.41) is 4.95. The zero-order valence-corrected chi connectivity index (χ0v) is 13.9. The van der Waals surface area contributed by atoms with Gasteiger partial charge in [0.15, 0.2) is 6.29 Å². The molecule has 0 radical (unpaired) electrons. The van der Waals surface area contributed by atoms with E-state index in [1.54, 1.807) is 18.2 Å². The molecule has 0 N–H and O–H groups in total. The van der Waals surface area contributed by atoms with Crippen molar-refractivity contribution in [3.8, 4) is 16.9 Å². The van der Waals surface area contributed by atoms with E-state index in [9.17, 15) is 18.0 Å². The molecule has 1 heterocycles. The minimum absolute atomic E-state index is 0.276. The van der Waals surface area contributed by atoms with E-state index >= 15 is 0 Å². The second-order valence-electron chi connectivity index (χ2n) is 5.17. The maximum atomic E-state index is 12.6. The van der Waals surface area contributed by atoms with Gasteiger partial charge in [0, 0.05) is 11.8 Å². The number of carbonyl (C=O) groups excluding carboxylic acids is 1. The number of benzene rings is 2. The molecular weight excluding hydrogens is 376 g/mol. The summed E-state index contributed by atoms with van der Waals surface area (Å²) in [6.45, 7) is 0. The second kappa shape index (κ2) is 6.54. The normalized spacial score (nSPS) is 11.6. The number of hydrogen-bond donors (Lipinski definition) is 0. The molecule has 0 saturated carbocycles. The van der Waals surface area contributed by atoms with E-state index in [2.05, 4.69) is 5.10 Å². The van der Waals surface area contributed by atoms with Gasteiger partial charge in [0.2, 0.25) is 0 Å². The lowest BCUT2D eigenvalue weighted by Gasteiger charge is -2.07. The largest absolute Gasteiger partial charge is 0.416 e. The molecule has 0 aliphatic rings. The van der Waals surface area contributed by atoms with Crippen molar-refractivity contribution in [2.75, 3.05) is 0 Å². The Kier molecular flexibility index (Phi) is 4.58. The molecule has 0 saturated heterocycles. The molecular formula is C17H9Cl2F3N2O. The van der Waals surface area contributed by atoms with Gasteiger partial charge in [-0.3, -0.25) is 4.79 Å². The summed E-state index contributed by atoms with van der Waals surface area (Å²) in [6.07, 6.45) is -2.36. The number of aromatic nitrogens is 2. The first-order valence-corrected chi connectivity index (χ1v) is 7.73. The quantitative estimate of drug-likeness (QED) is 0.544. The number of aldehydes is 1. The van der Waals surface area contributed by atoms with Crippen LogP contribution in [0.4, 0.5) is 13.2 Å². The topological polar surface area (TPSA) is 34.9 Å². The van der Waals surface area contributed by atoms with Crippen LogP contribution >= 0.6 is 23.2 Å². The van der Waals surface area contributed by atoms with Gasteiger partial charge >= 0.3 is 6.18 Å². The van der Waals surface area contributed by atoms with Crippen molar-refractivity contribution in [3.05, 3.63) is 69.8 Å². The summed E-state index contributed by atoms with van der Waals surface area (Å²) in [5.74, 6) is 0. The Labute approximate surface area is 150 Å². The third-order valence-corrected chi connectivity index (χ3v) is 4.26. The van der Waals surface area contributed by atoms with Gasteiger partial charge < -0.3 is 0 Å². The Bertz CT molecular complexity index is 934. The smallest absolute Gasteiger partial charge is 0.298 e. The van der Waals surface area contributed by atoms with Crippen molar-refractivity contribution in [3.63, 3.8) is 0 Å². The number of hydrogen-bond acceptors (Lipinski definition) is 2. The molecule has 3 nitrogen and oxygen atoms in total. The van der Waals surface area contributed by atoms with Crippen LogP contribution in [0.15, 0.2) is 48.7 Å². The molecule has 25 heavy (non-hydrogen) atoms. The Balaban J connectivity index is 2.03. The zero-order valence-electron chi connectivity index (χ0n) is 12.4. The molecule has 128 valence electrons. The third-order valence-electron chi connectivity index (χ3n) is 3.52. The van der Waals surface area contributed by atoms with Crippen LogP contribution < -0.4 is 0 Å². The van der Waals surface area contributed by atoms with Gasteiger partial charge in [0.05, 0.1) is 26.9 Å². The molecule has 0 amide bonds. The first-order valence-electron chi connectivity index (χ1n) is 6.97. The predicted molar refractivity (Wildman–Crippen MR) is 89.4 cm³/mol. The fraction of sp³-hybridized carbons (Fsp3) is 0.0588. The zero-order chi connectivity index (χ0) is 18.2. The van der Waals surface area contributed by atoms with Crippen LogP contribution in [0.2, 0.25) is 10.0 Å². The van der Waals surface area contributed by atoms with Gasteiger partial charge in [-0.2, -0.15) is 18.3 Å². The van der Waals surface area contributed by atoms with Crippen LogP contribution in [0.25, 0.3) is 16.9 Å². The van der Waals surface area contributed by atoms with Crippen LogP contribution in [-0.2, 0) is 6.18 Å². The molecule has 3 rings (SSSR count). The highest BCUT2D eigenvalue weighted by atomic mass is 35.5. The van der Waals surface area contributed by atoms with Crippen molar-refractivity contribution in [1.82, 2.24) is 9.78 Å². The van der Waals surface area contributed by atoms with Crippen molar-refractivity contribution in [2.24, 2.45) is 0 Å². The highest BCUT2D eigenvalue weighted by Crippen LogP contribution is 2.31. The lowest BCUT2D eigenvalue weighted by Crippen LogP contribution is -2.05. The first kappa shape index (κ1) is 17.5. The van der Waals surface area contributed by atoms with Crippen LogP contribution in [0.3, 0.4) is 0 Å². The molecule has 0 atom stereocenters. The monoisotopic (exact) mass is 384 g/mol. The Morgan fingerprint density at radius 2 is 1.68 bits per heavy atom. The molecule has 0 fully saturated rings. The number of alkyl halides is 3. The van der Waals surface area contributed by atoms with E-state index < -0.39 is 11.7 Å². The number of carbonyl (C=O) groups is 1. The van der Waals surface area contributed by atoms with Gasteiger partial charge in [-0.1, -0.05) is 29.3 Å². The summed E-state index contributed by atoms with van der Waals surface area (Å²) < 4.78 is 39.3. The minimum Gasteiger partial charge on any atom is -0.298 e. The third kappa shape index (κ3) is 3.55. The van der Waals surface area contributed by atoms with E-state index in [0.717, 1.165) is 12.1 Å². The molecule has 0 aliphatic heterocycles. The van der Waals surface area contributed by atoms with E-state index in [-0.39, 0.29) is 5.56 Å². The van der Waals surface area contributed by atoms with Gasteiger partial charge in [-0.05, 0) is 36.4 Å². The van der Waals surface area contributed by atoms with Crippen LogP contribution in [0, 0.1) is 0 Å². The summed E-state index contributed by atoms with van der Waals surface area (Å²) in [6, 6.07) is 9.26. The summed E-state index contributed by atoms with van der Waals surface area (Å²) in [4.78, 5) is 11.3. The molecule has 2 aromatic carbocycles. The average Bonchev–Trinajstić information content (AvgIpc) is 3.01. The van der Waals surface area contributed by atoms with Crippen LogP contribution in [0.1, 0.15) is 15.9 Å². The van der Waals surface area contributed by atoms with Crippen LogP contribution in [-0.4, -0.2) is 16.1 Å². The summed E-state index contributed by atoms with van der Waals surface area (Å²) in [7, 11) is 0. The molecule has 1 aromatic heterocycles. The van der Waals surface area contributed by atoms with Crippen molar-refractivity contribution in [2.45, 2.75) is 6.18 Å².